The summed E-state index contributed by atoms with van der Waals surface area (Å²) in [6.07, 6.45) is -0.0615. The molecule has 1 aromatic carbocycles. The Hall–Kier alpha value is -2.10. The van der Waals surface area contributed by atoms with Gasteiger partial charge in [0.25, 0.3) is 0 Å². The lowest BCUT2D eigenvalue weighted by Crippen LogP contribution is -2.03. The van der Waals surface area contributed by atoms with Crippen LogP contribution in [0.4, 0.5) is 0 Å². The number of hydrogen-bond donors (Lipinski definition) is 1. The first-order valence-corrected chi connectivity index (χ1v) is 5.26. The number of carboxylic acid groups (broad SMARTS) is 1. The molecule has 0 fully saturated rings. The molecule has 4 heteroatoms. The van der Waals surface area contributed by atoms with Gasteiger partial charge in [-0.1, -0.05) is 0 Å². The number of methoxy groups -OCH3 is 1. The predicted octanol–water partition coefficient (Wildman–Crippen LogP) is 2.18. The van der Waals surface area contributed by atoms with Gasteiger partial charge in [0.05, 0.1) is 24.7 Å². The molecule has 1 aromatic heterocycles. The average molecular weight is 231 g/mol. The van der Waals surface area contributed by atoms with Gasteiger partial charge < -0.3 is 9.84 Å². The number of nitrogens with zero attached hydrogens (tertiary/aromatic N) is 1. The quantitative estimate of drug-likeness (QED) is 0.879. The van der Waals surface area contributed by atoms with E-state index in [4.69, 9.17) is 9.84 Å². The zero-order valence-electron chi connectivity index (χ0n) is 9.73. The van der Waals surface area contributed by atoms with E-state index in [0.29, 0.717) is 5.69 Å². The van der Waals surface area contributed by atoms with Crippen molar-refractivity contribution in [1.29, 1.82) is 0 Å². The Morgan fingerprint density at radius 2 is 2.18 bits per heavy atom. The lowest BCUT2D eigenvalue weighted by molar-refractivity contribution is -0.136. The summed E-state index contributed by atoms with van der Waals surface area (Å²) >= 11 is 0. The molecule has 0 aliphatic carbocycles. The SMILES string of the molecule is COc1ccc2c(C)cc(CC(=O)O)nc2c1. The van der Waals surface area contributed by atoms with E-state index in [0.717, 1.165) is 22.2 Å². The third-order valence-electron chi connectivity index (χ3n) is 2.61. The molecule has 0 spiro atoms. The van der Waals surface area contributed by atoms with Crippen LogP contribution in [0, 0.1) is 6.92 Å². The Kier molecular flexibility index (Phi) is 2.95. The van der Waals surface area contributed by atoms with Gasteiger partial charge in [-0.25, -0.2) is 0 Å². The summed E-state index contributed by atoms with van der Waals surface area (Å²) < 4.78 is 5.13. The van der Waals surface area contributed by atoms with E-state index in [-0.39, 0.29) is 6.42 Å². The maximum atomic E-state index is 10.7. The Bertz CT molecular complexity index is 578. The minimum atomic E-state index is -0.876. The molecular weight excluding hydrogens is 218 g/mol. The molecule has 1 heterocycles. The lowest BCUT2D eigenvalue weighted by Gasteiger charge is -2.06. The Balaban J connectivity index is 2.57. The molecule has 2 rings (SSSR count). The first kappa shape index (κ1) is 11.4. The number of hydrogen-bond acceptors (Lipinski definition) is 3. The van der Waals surface area contributed by atoms with Gasteiger partial charge in [-0.15, -0.1) is 0 Å². The lowest BCUT2D eigenvalue weighted by atomic mass is 10.1. The van der Waals surface area contributed by atoms with E-state index in [1.54, 1.807) is 7.11 Å². The van der Waals surface area contributed by atoms with Crippen molar-refractivity contribution in [3.8, 4) is 5.75 Å². The average Bonchev–Trinajstić information content (AvgIpc) is 2.27. The summed E-state index contributed by atoms with van der Waals surface area (Å²) in [7, 11) is 1.59. The van der Waals surface area contributed by atoms with Crippen molar-refractivity contribution in [2.24, 2.45) is 0 Å². The van der Waals surface area contributed by atoms with Crippen LogP contribution in [0.2, 0.25) is 0 Å². The van der Waals surface area contributed by atoms with E-state index < -0.39 is 5.97 Å². The summed E-state index contributed by atoms with van der Waals surface area (Å²) in [5.74, 6) is -0.156. The molecular formula is C13H13NO3. The molecule has 4 nitrogen and oxygen atoms in total. The number of aliphatic carboxylic acids is 1. The van der Waals surface area contributed by atoms with E-state index in [2.05, 4.69) is 4.98 Å². The van der Waals surface area contributed by atoms with Crippen LogP contribution in [0.25, 0.3) is 10.9 Å². The Morgan fingerprint density at radius 3 is 2.82 bits per heavy atom. The van der Waals surface area contributed by atoms with Gasteiger partial charge >= 0.3 is 5.97 Å². The second-order valence-electron chi connectivity index (χ2n) is 3.88. The van der Waals surface area contributed by atoms with Crippen molar-refractivity contribution in [2.45, 2.75) is 13.3 Å². The molecule has 88 valence electrons. The number of pyridine rings is 1. The molecule has 0 atom stereocenters. The van der Waals surface area contributed by atoms with Crippen LogP contribution in [0.3, 0.4) is 0 Å². The van der Waals surface area contributed by atoms with Crippen LogP contribution in [0.1, 0.15) is 11.3 Å². The van der Waals surface area contributed by atoms with Gasteiger partial charge in [0.15, 0.2) is 0 Å². The van der Waals surface area contributed by atoms with Crippen LogP contribution in [0.5, 0.6) is 5.75 Å². The van der Waals surface area contributed by atoms with Crippen molar-refractivity contribution in [3.63, 3.8) is 0 Å². The monoisotopic (exact) mass is 231 g/mol. The number of carbonyl (C=O) groups is 1. The van der Waals surface area contributed by atoms with Gasteiger partial charge in [-0.3, -0.25) is 9.78 Å². The van der Waals surface area contributed by atoms with Gasteiger partial charge in [0, 0.05) is 11.5 Å². The summed E-state index contributed by atoms with van der Waals surface area (Å²) in [6.45, 7) is 1.95. The molecule has 0 radical (unpaired) electrons. The third-order valence-corrected chi connectivity index (χ3v) is 2.61. The van der Waals surface area contributed by atoms with Crippen LogP contribution in [-0.2, 0) is 11.2 Å². The highest BCUT2D eigenvalue weighted by atomic mass is 16.5. The van der Waals surface area contributed by atoms with Crippen molar-refractivity contribution in [2.75, 3.05) is 7.11 Å². The first-order valence-electron chi connectivity index (χ1n) is 5.26. The normalized spacial score (nSPS) is 10.5. The van der Waals surface area contributed by atoms with Crippen LogP contribution >= 0.6 is 0 Å². The van der Waals surface area contributed by atoms with Gasteiger partial charge in [0.2, 0.25) is 0 Å². The van der Waals surface area contributed by atoms with Gasteiger partial charge in [0.1, 0.15) is 5.75 Å². The number of rotatable bonds is 3. The minimum Gasteiger partial charge on any atom is -0.497 e. The summed E-state index contributed by atoms with van der Waals surface area (Å²) in [4.78, 5) is 15.0. The van der Waals surface area contributed by atoms with Crippen molar-refractivity contribution < 1.29 is 14.6 Å². The number of carboxylic acids is 1. The zero-order chi connectivity index (χ0) is 12.4. The maximum Gasteiger partial charge on any atom is 0.309 e. The van der Waals surface area contributed by atoms with E-state index in [1.165, 1.54) is 0 Å². The standard InChI is InChI=1S/C13H13NO3/c1-8-5-9(6-13(15)16)14-12-7-10(17-2)3-4-11(8)12/h3-5,7H,6H2,1-2H3,(H,15,16). The van der Waals surface area contributed by atoms with E-state index in [9.17, 15) is 4.79 Å². The van der Waals surface area contributed by atoms with Crippen molar-refractivity contribution in [3.05, 3.63) is 35.5 Å². The van der Waals surface area contributed by atoms with Gasteiger partial charge in [-0.2, -0.15) is 0 Å². The topological polar surface area (TPSA) is 59.4 Å². The number of benzene rings is 1. The van der Waals surface area contributed by atoms with Crippen molar-refractivity contribution in [1.82, 2.24) is 4.98 Å². The number of aromatic nitrogens is 1. The summed E-state index contributed by atoms with van der Waals surface area (Å²) in [5.41, 5.74) is 2.35. The molecule has 0 amide bonds. The van der Waals surface area contributed by atoms with Crippen LogP contribution in [0.15, 0.2) is 24.3 Å². The van der Waals surface area contributed by atoms with E-state index in [1.807, 2.05) is 31.2 Å². The number of aryl methyl sites for hydroxylation is 1. The summed E-state index contributed by atoms with van der Waals surface area (Å²) in [5, 5.41) is 9.78. The molecule has 2 aromatic rings. The molecule has 0 bridgehead atoms. The number of ether oxygens (including phenoxy) is 1. The van der Waals surface area contributed by atoms with Crippen molar-refractivity contribution >= 4 is 16.9 Å². The largest absolute Gasteiger partial charge is 0.497 e. The maximum absolute atomic E-state index is 10.7. The molecule has 17 heavy (non-hydrogen) atoms. The Morgan fingerprint density at radius 1 is 1.41 bits per heavy atom. The molecule has 0 unspecified atom stereocenters. The fourth-order valence-electron chi connectivity index (χ4n) is 1.82. The molecule has 0 aliphatic rings. The highest BCUT2D eigenvalue weighted by Crippen LogP contribution is 2.22. The molecule has 1 N–H and O–H groups in total. The molecule has 0 saturated heterocycles. The predicted molar refractivity (Wildman–Crippen MR) is 64.4 cm³/mol. The zero-order valence-corrected chi connectivity index (χ0v) is 9.73. The third kappa shape index (κ3) is 2.36. The van der Waals surface area contributed by atoms with Crippen LogP contribution in [-0.4, -0.2) is 23.2 Å². The highest BCUT2D eigenvalue weighted by molar-refractivity contribution is 5.84. The summed E-state index contributed by atoms with van der Waals surface area (Å²) in [6, 6.07) is 7.42. The molecule has 0 aliphatic heterocycles. The van der Waals surface area contributed by atoms with Crippen LogP contribution < -0.4 is 4.74 Å². The minimum absolute atomic E-state index is 0.0615. The second-order valence-corrected chi connectivity index (χ2v) is 3.88. The first-order chi connectivity index (χ1) is 8.10. The molecule has 0 saturated carbocycles. The smallest absolute Gasteiger partial charge is 0.309 e. The Labute approximate surface area is 98.9 Å². The number of fused-ring (bicyclic) bond motifs is 1. The van der Waals surface area contributed by atoms with E-state index >= 15 is 0 Å². The fraction of sp³-hybridized carbons (Fsp3) is 0.231. The highest BCUT2D eigenvalue weighted by Gasteiger charge is 2.07. The fourth-order valence-corrected chi connectivity index (χ4v) is 1.82. The second kappa shape index (κ2) is 4.41. The van der Waals surface area contributed by atoms with Gasteiger partial charge in [-0.05, 0) is 30.7 Å².